The molecule has 42 heteroatoms. The van der Waals surface area contributed by atoms with Gasteiger partial charge in [0.05, 0.1) is 55.3 Å². The number of aliphatic hydroxyl groups excluding tert-OH is 1. The number of H-pyrrole nitrogens is 1. The van der Waals surface area contributed by atoms with Crippen LogP contribution in [0.4, 0.5) is 0 Å². The maximum atomic E-state index is 12.5. The number of imidazole rings is 5. The Morgan fingerprint density at radius 2 is 0.672 bits per heavy atom. The lowest BCUT2D eigenvalue weighted by Gasteiger charge is -2.19. The van der Waals surface area contributed by atoms with Gasteiger partial charge in [-0.3, -0.25) is 88.4 Å². The molecule has 0 aliphatic heterocycles. The van der Waals surface area contributed by atoms with Crippen LogP contribution in [0.3, 0.4) is 0 Å². The van der Waals surface area contributed by atoms with Gasteiger partial charge in [0.1, 0.15) is 5.65 Å². The molecule has 12 aromatic heterocycles. The fourth-order valence-corrected chi connectivity index (χ4v) is 15.1. The summed E-state index contributed by atoms with van der Waals surface area (Å²) in [5.41, 5.74) is 2.27. The molecule has 6 atom stereocenters. The van der Waals surface area contributed by atoms with Crippen LogP contribution in [0.1, 0.15) is 184 Å². The van der Waals surface area contributed by atoms with Crippen molar-refractivity contribution >= 4 is 72.8 Å². The SMILES string of the molecule is C.C.CC(=O)N[C@H](C)CCCCn1c(=O)c2c(ncn2C)n(C)c1=O.CO[C@H](C)CCCCn1c(=O)c2c(ncn2C)n(C)c1=O.C[C@@H](C#N)CCCCn1c(=O)c2c(ncn2C)n(C)c1=O.C[C@@H](CCCCn1c(=O)c2c(ncn2C)n(C)c1=O)N(C)C.C[C@H](CCCCn1c(=O)c2c(ncn2C)n(C)c1=O)N(C)C.Cc1c[nH]c2c1c(=O)n(CCCC[C@@H](C)O)c(=O)n2C. The molecule has 0 fully saturated rings. The van der Waals surface area contributed by atoms with Crippen LogP contribution in [0.2, 0.25) is 0 Å². The van der Waals surface area contributed by atoms with E-state index in [0.29, 0.717) is 144 Å². The molecule has 42 nitrogen and oxygen atoms in total. The zero-order chi connectivity index (χ0) is 96.0. The number of amides is 1. The van der Waals surface area contributed by atoms with Crippen LogP contribution < -0.4 is 72.8 Å². The number of aryl methyl sites for hydroxylation is 12. The fraction of sp³-hybridized carbons (Fsp3) is 0.629. The summed E-state index contributed by atoms with van der Waals surface area (Å²) in [6.45, 7) is 17.7. The molecule has 0 aliphatic carbocycles. The second-order valence-corrected chi connectivity index (χ2v) is 34.3. The minimum absolute atomic E-state index is 0. The van der Waals surface area contributed by atoms with Gasteiger partial charge in [-0.2, -0.15) is 5.26 Å². The minimum atomic E-state index is -0.351. The Bertz CT molecular complexity index is 6560. The number of fused-ring (bicyclic) bond motifs is 6. The average Bonchev–Trinajstić information content (AvgIpc) is 1.69. The molecule has 0 aliphatic rings. The largest absolute Gasteiger partial charge is 0.393 e. The van der Waals surface area contributed by atoms with E-state index in [1.165, 1.54) is 74.4 Å². The second-order valence-electron chi connectivity index (χ2n) is 34.3. The number of methoxy groups -OCH3 is 1. The summed E-state index contributed by atoms with van der Waals surface area (Å²) in [5.74, 6) is -0.0478. The van der Waals surface area contributed by atoms with Gasteiger partial charge in [-0.1, -0.05) is 34.1 Å². The van der Waals surface area contributed by atoms with E-state index in [1.54, 1.807) is 140 Å². The Morgan fingerprint density at radius 3 is 0.939 bits per heavy atom. The van der Waals surface area contributed by atoms with Crippen LogP contribution in [0.5, 0.6) is 0 Å². The van der Waals surface area contributed by atoms with Gasteiger partial charge < -0.3 is 52.8 Å². The smallest absolute Gasteiger partial charge is 0.332 e. The van der Waals surface area contributed by atoms with Crippen molar-refractivity contribution in [2.45, 2.75) is 255 Å². The van der Waals surface area contributed by atoms with Crippen molar-refractivity contribution in [1.82, 2.24) is 123 Å². The maximum absolute atomic E-state index is 12.5. The Hall–Kier alpha value is -12.2. The molecule has 0 saturated carbocycles. The third-order valence-electron chi connectivity index (χ3n) is 23.8. The minimum Gasteiger partial charge on any atom is -0.393 e. The molecule has 0 saturated heterocycles. The first kappa shape index (κ1) is 109. The molecule has 3 N–H and O–H groups in total. The zero-order valence-electron chi connectivity index (χ0n) is 79.7. The van der Waals surface area contributed by atoms with Crippen LogP contribution in [0, 0.1) is 24.2 Å². The van der Waals surface area contributed by atoms with Crippen molar-refractivity contribution in [1.29, 1.82) is 5.26 Å². The number of carbonyl (C=O) groups is 1. The number of aliphatic hydroxyl groups is 1. The Morgan fingerprint density at radius 1 is 0.412 bits per heavy atom. The first-order chi connectivity index (χ1) is 60.9. The van der Waals surface area contributed by atoms with Crippen molar-refractivity contribution < 1.29 is 14.6 Å². The second kappa shape index (κ2) is 49.7. The number of aromatic nitrogens is 23. The van der Waals surface area contributed by atoms with Crippen molar-refractivity contribution in [3.63, 3.8) is 0 Å². The Kier molecular flexibility index (Phi) is 41.5. The third-order valence-corrected chi connectivity index (χ3v) is 23.8. The van der Waals surface area contributed by atoms with E-state index in [4.69, 9.17) is 10.00 Å². The zero-order valence-corrected chi connectivity index (χ0v) is 79.7. The molecule has 0 radical (unpaired) electrons. The lowest BCUT2D eigenvalue weighted by Crippen LogP contribution is -2.39. The summed E-state index contributed by atoms with van der Waals surface area (Å²) in [6, 6.07) is 3.27. The monoisotopic (exact) mass is 1830 g/mol. The Labute approximate surface area is 760 Å². The van der Waals surface area contributed by atoms with Crippen LogP contribution >= 0.6 is 0 Å². The van der Waals surface area contributed by atoms with Crippen molar-refractivity contribution in [3.05, 3.63) is 168 Å². The van der Waals surface area contributed by atoms with Gasteiger partial charge >= 0.3 is 34.1 Å². The van der Waals surface area contributed by atoms with E-state index in [1.807, 2.05) is 27.7 Å². The highest BCUT2D eigenvalue weighted by Crippen LogP contribution is 2.16. The van der Waals surface area contributed by atoms with Gasteiger partial charge in [0.25, 0.3) is 33.4 Å². The van der Waals surface area contributed by atoms with Gasteiger partial charge in [0.15, 0.2) is 55.8 Å². The third kappa shape index (κ3) is 26.6. The van der Waals surface area contributed by atoms with Gasteiger partial charge in [-0.15, -0.1) is 0 Å². The van der Waals surface area contributed by atoms with Crippen molar-refractivity contribution in [3.8, 4) is 6.07 Å². The lowest BCUT2D eigenvalue weighted by atomic mass is 10.1. The van der Waals surface area contributed by atoms with E-state index >= 15 is 0 Å². The van der Waals surface area contributed by atoms with E-state index < -0.39 is 0 Å². The molecule has 0 bridgehead atoms. The maximum Gasteiger partial charge on any atom is 0.332 e. The summed E-state index contributed by atoms with van der Waals surface area (Å²) >= 11 is 0. The topological polar surface area (TPSA) is 458 Å². The number of unbranched alkanes of at least 4 members (excludes halogenated alkanes) is 6. The first-order valence-corrected chi connectivity index (χ1v) is 43.9. The van der Waals surface area contributed by atoms with Gasteiger partial charge in [-0.25, -0.2) is 53.7 Å². The summed E-state index contributed by atoms with van der Waals surface area (Å²) < 4.78 is 29.7. The predicted molar refractivity (Wildman–Crippen MR) is 513 cm³/mol. The molecule has 0 aromatic carbocycles. The van der Waals surface area contributed by atoms with Crippen LogP contribution in [0.25, 0.3) is 66.9 Å². The molecule has 131 heavy (non-hydrogen) atoms. The van der Waals surface area contributed by atoms with Gasteiger partial charge in [-0.05, 0) is 179 Å². The number of nitrogens with zero attached hydrogens (tertiary/aromatic N) is 25. The van der Waals surface area contributed by atoms with Gasteiger partial charge in [0.2, 0.25) is 5.91 Å². The lowest BCUT2D eigenvalue weighted by molar-refractivity contribution is -0.119. The Balaban J connectivity index is 0.000000278. The summed E-state index contributed by atoms with van der Waals surface area (Å²) in [6.07, 6.45) is 24.4. The average molecular weight is 1830 g/mol. The van der Waals surface area contributed by atoms with Gasteiger partial charge in [0, 0.05) is 161 Å². The molecular weight excluding hydrogens is 1690 g/mol. The highest BCUT2D eigenvalue weighted by Gasteiger charge is 2.22. The number of nitriles is 1. The van der Waals surface area contributed by atoms with E-state index in [9.17, 15) is 67.4 Å². The van der Waals surface area contributed by atoms with Crippen LogP contribution in [-0.4, -0.2) is 194 Å². The summed E-state index contributed by atoms with van der Waals surface area (Å²) in [7, 11) is 28.5. The van der Waals surface area contributed by atoms with Crippen LogP contribution in [0.15, 0.2) is 95.4 Å². The number of aromatic amines is 1. The molecular formula is C89H143N27O15. The molecule has 1 amide bonds. The standard InChI is InChI=1S/C15H23N5O3.2C15H25N5O2.C14H19N5O2.C14H22N4O3.C14H21N3O3.2CH4/c1-10(17-11(2)21)7-5-6-8-20-14(22)12-13(16-9-18(12)3)19(4)15(20)23;2*1-11(17(2)3)8-6-7-9-20-14(21)12-13(16-10-18(12)4)19(5)15(20)22;1-10(8-15)6-4-5-7-19-13(20)11-12(16-9-17(11)2)18(3)14(19)21;1-10(21-4)7-5-6-8-18-13(19)11-12(15-9-16(11)2)17(3)14(18)20;1-9-8-15-12-11(9)13(19)17(14(20)16(12)3)7-5-4-6-10(2)18;;/h9-10H,5-8H2,1-4H3,(H,17,21);2*10-11H,6-9H2,1-5H3;9-10H,4-7H2,1-3H3;9-10H,5-8H2,1-4H3;8,10,15,18H,4-7H2,1-3H3;2*1H4/t10-;2*11-;3*10-;;/m110111../s1. The van der Waals surface area contributed by atoms with Crippen molar-refractivity contribution in [2.75, 3.05) is 35.3 Å². The highest BCUT2D eigenvalue weighted by atomic mass is 16.5. The first-order valence-electron chi connectivity index (χ1n) is 43.9. The molecule has 0 unspecified atom stereocenters. The summed E-state index contributed by atoms with van der Waals surface area (Å²) in [4.78, 5) is 187. The number of rotatable bonds is 34. The van der Waals surface area contributed by atoms with Crippen LogP contribution in [-0.2, 0) is 126 Å². The molecule has 12 rings (SSSR count). The van der Waals surface area contributed by atoms with Crippen molar-refractivity contribution in [2.24, 2.45) is 83.4 Å². The van der Waals surface area contributed by atoms with E-state index in [2.05, 4.69) is 93.1 Å². The number of hydrogen-bond donors (Lipinski definition) is 3. The fourth-order valence-electron chi connectivity index (χ4n) is 15.1. The summed E-state index contributed by atoms with van der Waals surface area (Å²) in [5, 5.41) is 21.3. The van der Waals surface area contributed by atoms with E-state index in [-0.39, 0.29) is 112 Å². The normalized spacial score (nSPS) is 12.7. The quantitative estimate of drug-likeness (QED) is 0.0456. The molecule has 12 heterocycles. The predicted octanol–water partition coefficient (Wildman–Crippen LogP) is 4.80. The molecule has 12 aromatic rings. The number of nitrogens with one attached hydrogen (secondary N) is 2. The number of hydrogen-bond acceptors (Lipinski definition) is 23. The number of ether oxygens (including phenoxy) is 1. The number of carbonyl (C=O) groups excluding carboxylic acids is 1. The molecule has 724 valence electrons. The molecule has 0 spiro atoms. The van der Waals surface area contributed by atoms with E-state index in [0.717, 1.165) is 95.5 Å². The highest BCUT2D eigenvalue weighted by molar-refractivity contribution is 5.79.